The zero-order valence-corrected chi connectivity index (χ0v) is 18.4. The van der Waals surface area contributed by atoms with Crippen molar-refractivity contribution in [3.05, 3.63) is 86.9 Å². The Hall–Kier alpha value is -2.82. The molecule has 10 heteroatoms. The first-order valence-corrected chi connectivity index (χ1v) is 11.1. The van der Waals surface area contributed by atoms with E-state index in [0.717, 1.165) is 5.69 Å². The van der Waals surface area contributed by atoms with Crippen LogP contribution in [0.3, 0.4) is 0 Å². The fraction of sp³-hybridized carbons (Fsp3) is 0.150. The molecule has 0 fully saturated rings. The molecule has 0 aliphatic rings. The largest absolute Gasteiger partial charge is 0.456 e. The first-order valence-electron chi connectivity index (χ1n) is 8.78. The normalized spacial score (nSPS) is 11.4. The second kappa shape index (κ2) is 8.90. The number of aryl methyl sites for hydroxylation is 1. The van der Waals surface area contributed by atoms with E-state index in [-0.39, 0.29) is 34.9 Å². The molecular formula is C20H18BrN3O5S. The Morgan fingerprint density at radius 1 is 1.30 bits per heavy atom. The number of ether oxygens (including phenoxy) is 1. The molecule has 0 aliphatic heterocycles. The maximum atomic E-state index is 12.5. The molecule has 0 atom stereocenters. The van der Waals surface area contributed by atoms with Crippen LogP contribution in [0.1, 0.15) is 21.7 Å². The summed E-state index contributed by atoms with van der Waals surface area (Å²) in [5.41, 5.74) is 1.21. The zero-order valence-electron chi connectivity index (χ0n) is 16.0. The highest BCUT2D eigenvalue weighted by atomic mass is 79.9. The van der Waals surface area contributed by atoms with Crippen LogP contribution in [-0.4, -0.2) is 30.3 Å². The third kappa shape index (κ3) is 4.66. The summed E-state index contributed by atoms with van der Waals surface area (Å²) in [5, 5.41) is 0. The van der Waals surface area contributed by atoms with E-state index in [9.17, 15) is 18.0 Å². The second-order valence-electron chi connectivity index (χ2n) is 6.30. The number of hydrogen-bond acceptors (Lipinski definition) is 6. The minimum absolute atomic E-state index is 0.0323. The monoisotopic (exact) mass is 491 g/mol. The van der Waals surface area contributed by atoms with Crippen molar-refractivity contribution >= 4 is 37.6 Å². The molecule has 1 aromatic carbocycles. The number of hydrogen-bond donors (Lipinski definition) is 1. The van der Waals surface area contributed by atoms with Gasteiger partial charge in [0.25, 0.3) is 5.56 Å². The minimum Gasteiger partial charge on any atom is -0.456 e. The SMILES string of the molecule is C=CCNS(=O)(=O)c1ccc(Br)c(C(=O)OCc2cc(=O)n3c(C)cccc3n2)c1. The third-order valence-corrected chi connectivity index (χ3v) is 6.28. The highest BCUT2D eigenvalue weighted by molar-refractivity contribution is 9.10. The zero-order chi connectivity index (χ0) is 21.9. The molecule has 0 unspecified atom stereocenters. The number of benzene rings is 1. The fourth-order valence-corrected chi connectivity index (χ4v) is 4.17. The molecule has 30 heavy (non-hydrogen) atoms. The summed E-state index contributed by atoms with van der Waals surface area (Å²) in [6, 6.07) is 10.6. The van der Waals surface area contributed by atoms with Crippen LogP contribution >= 0.6 is 15.9 Å². The molecule has 2 aromatic heterocycles. The van der Waals surface area contributed by atoms with Crippen LogP contribution in [0.25, 0.3) is 5.65 Å². The maximum Gasteiger partial charge on any atom is 0.339 e. The number of carbonyl (C=O) groups is 1. The van der Waals surface area contributed by atoms with E-state index in [1.54, 1.807) is 25.1 Å². The number of nitrogens with zero attached hydrogens (tertiary/aromatic N) is 2. The molecule has 3 aromatic rings. The molecule has 156 valence electrons. The molecule has 0 spiro atoms. The van der Waals surface area contributed by atoms with Gasteiger partial charge in [-0.25, -0.2) is 22.9 Å². The van der Waals surface area contributed by atoms with Crippen molar-refractivity contribution in [1.29, 1.82) is 0 Å². The molecule has 0 saturated heterocycles. The Bertz CT molecular complexity index is 1300. The van der Waals surface area contributed by atoms with Gasteiger partial charge in [-0.1, -0.05) is 12.1 Å². The fourth-order valence-electron chi connectivity index (χ4n) is 2.73. The standard InChI is InChI=1S/C20H18BrN3O5S/c1-3-9-22-30(27,28)15-7-8-17(21)16(11-15)20(26)29-12-14-10-19(25)24-13(2)5-4-6-18(24)23-14/h3-8,10-11,22H,1,9,12H2,2H3. The lowest BCUT2D eigenvalue weighted by atomic mass is 10.2. The Labute approximate surface area is 181 Å². The Balaban J connectivity index is 1.83. The number of sulfonamides is 1. The molecule has 0 bridgehead atoms. The average molecular weight is 492 g/mol. The lowest BCUT2D eigenvalue weighted by Gasteiger charge is -2.10. The van der Waals surface area contributed by atoms with Gasteiger partial charge in [-0.2, -0.15) is 0 Å². The number of halogens is 1. The molecule has 8 nitrogen and oxygen atoms in total. The minimum atomic E-state index is -3.80. The van der Waals surface area contributed by atoms with Crippen LogP contribution in [-0.2, 0) is 21.4 Å². The Morgan fingerprint density at radius 3 is 2.80 bits per heavy atom. The van der Waals surface area contributed by atoms with E-state index in [1.807, 2.05) is 0 Å². The van der Waals surface area contributed by atoms with Crippen molar-refractivity contribution in [2.75, 3.05) is 6.54 Å². The lowest BCUT2D eigenvalue weighted by Crippen LogP contribution is -2.24. The third-order valence-electron chi connectivity index (χ3n) is 4.17. The van der Waals surface area contributed by atoms with Gasteiger partial charge in [0, 0.05) is 22.8 Å². The second-order valence-corrected chi connectivity index (χ2v) is 8.93. The van der Waals surface area contributed by atoms with Gasteiger partial charge in [0.15, 0.2) is 0 Å². The predicted octanol–water partition coefficient (Wildman–Crippen LogP) is 2.59. The van der Waals surface area contributed by atoms with Crippen LogP contribution in [0.4, 0.5) is 0 Å². The highest BCUT2D eigenvalue weighted by Crippen LogP contribution is 2.22. The lowest BCUT2D eigenvalue weighted by molar-refractivity contribution is 0.0466. The summed E-state index contributed by atoms with van der Waals surface area (Å²) in [6.07, 6.45) is 1.41. The summed E-state index contributed by atoms with van der Waals surface area (Å²) < 4.78 is 34.0. The Morgan fingerprint density at radius 2 is 2.07 bits per heavy atom. The van der Waals surface area contributed by atoms with Crippen LogP contribution in [0.5, 0.6) is 0 Å². The van der Waals surface area contributed by atoms with Crippen molar-refractivity contribution in [3.8, 4) is 0 Å². The van der Waals surface area contributed by atoms with Crippen molar-refractivity contribution in [2.45, 2.75) is 18.4 Å². The van der Waals surface area contributed by atoms with Crippen molar-refractivity contribution in [3.63, 3.8) is 0 Å². The summed E-state index contributed by atoms with van der Waals surface area (Å²) in [7, 11) is -3.80. The van der Waals surface area contributed by atoms with Crippen molar-refractivity contribution < 1.29 is 17.9 Å². The number of carbonyl (C=O) groups excluding carboxylic acids is 1. The summed E-state index contributed by atoms with van der Waals surface area (Å²) >= 11 is 3.23. The van der Waals surface area contributed by atoms with Crippen molar-refractivity contribution in [2.24, 2.45) is 0 Å². The molecule has 2 heterocycles. The van der Waals surface area contributed by atoms with E-state index in [0.29, 0.717) is 10.1 Å². The van der Waals surface area contributed by atoms with Gasteiger partial charge >= 0.3 is 5.97 Å². The van der Waals surface area contributed by atoms with Crippen LogP contribution in [0.2, 0.25) is 0 Å². The van der Waals surface area contributed by atoms with Gasteiger partial charge in [-0.3, -0.25) is 9.20 Å². The van der Waals surface area contributed by atoms with E-state index in [2.05, 4.69) is 32.2 Å². The Kier molecular flexibility index (Phi) is 6.49. The van der Waals surface area contributed by atoms with Gasteiger partial charge in [0.2, 0.25) is 10.0 Å². The van der Waals surface area contributed by atoms with Crippen LogP contribution in [0, 0.1) is 6.92 Å². The molecule has 0 saturated carbocycles. The topological polar surface area (TPSA) is 107 Å². The number of rotatable bonds is 7. The number of fused-ring (bicyclic) bond motifs is 1. The first-order chi connectivity index (χ1) is 14.2. The highest BCUT2D eigenvalue weighted by Gasteiger charge is 2.19. The summed E-state index contributed by atoms with van der Waals surface area (Å²) in [6.45, 7) is 5.07. The number of esters is 1. The van der Waals surface area contributed by atoms with Gasteiger partial charge in [-0.05, 0) is 53.2 Å². The number of nitrogens with one attached hydrogen (secondary N) is 1. The van der Waals surface area contributed by atoms with Gasteiger partial charge in [-0.15, -0.1) is 6.58 Å². The van der Waals surface area contributed by atoms with Crippen LogP contribution < -0.4 is 10.3 Å². The van der Waals surface area contributed by atoms with Gasteiger partial charge in [0.05, 0.1) is 16.2 Å². The molecule has 0 radical (unpaired) electrons. The van der Waals surface area contributed by atoms with E-state index in [4.69, 9.17) is 4.74 Å². The molecule has 1 N–H and O–H groups in total. The van der Waals surface area contributed by atoms with E-state index >= 15 is 0 Å². The molecule has 3 rings (SSSR count). The molecular weight excluding hydrogens is 474 g/mol. The average Bonchev–Trinajstić information content (AvgIpc) is 2.70. The summed E-state index contributed by atoms with van der Waals surface area (Å²) in [4.78, 5) is 29.1. The number of pyridine rings is 1. The molecule has 0 aliphatic carbocycles. The summed E-state index contributed by atoms with van der Waals surface area (Å²) in [5.74, 6) is -0.756. The van der Waals surface area contributed by atoms with Gasteiger partial charge in [0.1, 0.15) is 12.3 Å². The quantitative estimate of drug-likeness (QED) is 0.402. The first kappa shape index (κ1) is 21.9. The van der Waals surface area contributed by atoms with Crippen molar-refractivity contribution in [1.82, 2.24) is 14.1 Å². The smallest absolute Gasteiger partial charge is 0.339 e. The van der Waals surface area contributed by atoms with E-state index < -0.39 is 16.0 Å². The van der Waals surface area contributed by atoms with Gasteiger partial charge < -0.3 is 4.74 Å². The predicted molar refractivity (Wildman–Crippen MR) is 115 cm³/mol. The van der Waals surface area contributed by atoms with E-state index in [1.165, 1.54) is 34.7 Å². The molecule has 0 amide bonds. The maximum absolute atomic E-state index is 12.5. The number of aromatic nitrogens is 2. The van der Waals surface area contributed by atoms with Crippen LogP contribution in [0.15, 0.2) is 69.3 Å².